The summed E-state index contributed by atoms with van der Waals surface area (Å²) in [7, 11) is 0. The van der Waals surface area contributed by atoms with Crippen LogP contribution in [0.5, 0.6) is 0 Å². The molecule has 3 rings (SSSR count). The molecule has 2 N–H and O–H groups in total. The van der Waals surface area contributed by atoms with Crippen molar-refractivity contribution in [2.24, 2.45) is 0 Å². The summed E-state index contributed by atoms with van der Waals surface area (Å²) >= 11 is 0. The van der Waals surface area contributed by atoms with Crippen molar-refractivity contribution in [1.82, 2.24) is 4.98 Å². The minimum absolute atomic E-state index is 0.0755. The predicted molar refractivity (Wildman–Crippen MR) is 84.2 cm³/mol. The SMILES string of the molecule is Cc1cccc(Nc2[nH]c3cc(C)ccc3c2[N+](=O)[O-])c1. The average Bonchev–Trinajstić information content (AvgIpc) is 2.75. The number of aryl methyl sites for hydroxylation is 2. The van der Waals surface area contributed by atoms with E-state index in [4.69, 9.17) is 0 Å². The summed E-state index contributed by atoms with van der Waals surface area (Å²) in [5, 5.41) is 15.1. The standard InChI is InChI=1S/C16H15N3O2/c1-10-4-3-5-12(8-10)17-16-15(19(20)21)13-7-6-11(2)9-14(13)18-16/h3-9,17-18H,1-2H3. The number of nitrogens with one attached hydrogen (secondary N) is 2. The zero-order valence-electron chi connectivity index (χ0n) is 11.8. The predicted octanol–water partition coefficient (Wildman–Crippen LogP) is 4.44. The highest BCUT2D eigenvalue weighted by Crippen LogP contribution is 2.35. The molecule has 0 spiro atoms. The van der Waals surface area contributed by atoms with Crippen molar-refractivity contribution in [3.63, 3.8) is 0 Å². The van der Waals surface area contributed by atoms with Crippen molar-refractivity contribution < 1.29 is 4.92 Å². The Morgan fingerprint density at radius 2 is 1.86 bits per heavy atom. The second-order valence-electron chi connectivity index (χ2n) is 5.15. The van der Waals surface area contributed by atoms with Gasteiger partial charge in [0.1, 0.15) is 0 Å². The monoisotopic (exact) mass is 281 g/mol. The van der Waals surface area contributed by atoms with Gasteiger partial charge in [-0.1, -0.05) is 18.2 Å². The van der Waals surface area contributed by atoms with Gasteiger partial charge >= 0.3 is 5.69 Å². The maximum absolute atomic E-state index is 11.4. The van der Waals surface area contributed by atoms with Gasteiger partial charge in [-0.15, -0.1) is 0 Å². The fraction of sp³-hybridized carbons (Fsp3) is 0.125. The number of aromatic nitrogens is 1. The first-order chi connectivity index (χ1) is 10.0. The maximum atomic E-state index is 11.4. The number of hydrogen-bond donors (Lipinski definition) is 2. The van der Waals surface area contributed by atoms with E-state index in [1.54, 1.807) is 6.07 Å². The number of nitro groups is 1. The minimum atomic E-state index is -0.355. The van der Waals surface area contributed by atoms with E-state index in [9.17, 15) is 10.1 Å². The smallest absolute Gasteiger partial charge is 0.318 e. The van der Waals surface area contributed by atoms with Crippen LogP contribution in [-0.2, 0) is 0 Å². The van der Waals surface area contributed by atoms with Crippen LogP contribution in [0, 0.1) is 24.0 Å². The number of H-pyrrole nitrogens is 1. The number of aromatic amines is 1. The zero-order valence-corrected chi connectivity index (χ0v) is 11.8. The topological polar surface area (TPSA) is 71.0 Å². The third-order valence-corrected chi connectivity index (χ3v) is 3.40. The number of anilines is 2. The van der Waals surface area contributed by atoms with E-state index < -0.39 is 0 Å². The normalized spacial score (nSPS) is 10.8. The Bertz CT molecular complexity index is 837. The molecule has 1 heterocycles. The number of benzene rings is 2. The first kappa shape index (κ1) is 13.2. The molecule has 0 fully saturated rings. The van der Waals surface area contributed by atoms with Crippen molar-refractivity contribution in [1.29, 1.82) is 0 Å². The van der Waals surface area contributed by atoms with Crippen LogP contribution in [0.4, 0.5) is 17.2 Å². The molecule has 0 aliphatic carbocycles. The molecule has 106 valence electrons. The molecular weight excluding hydrogens is 266 g/mol. The van der Waals surface area contributed by atoms with Gasteiger partial charge in [0.25, 0.3) is 0 Å². The average molecular weight is 281 g/mol. The van der Waals surface area contributed by atoms with Crippen molar-refractivity contribution in [3.8, 4) is 0 Å². The van der Waals surface area contributed by atoms with Crippen LogP contribution in [-0.4, -0.2) is 9.91 Å². The van der Waals surface area contributed by atoms with Gasteiger partial charge in [-0.2, -0.15) is 0 Å². The van der Waals surface area contributed by atoms with E-state index in [2.05, 4.69) is 10.3 Å². The van der Waals surface area contributed by atoms with Crippen LogP contribution in [0.15, 0.2) is 42.5 Å². The zero-order chi connectivity index (χ0) is 15.0. The van der Waals surface area contributed by atoms with Crippen molar-refractivity contribution >= 4 is 28.1 Å². The number of nitrogens with zero attached hydrogens (tertiary/aromatic N) is 1. The van der Waals surface area contributed by atoms with Gasteiger partial charge in [0.05, 0.1) is 15.8 Å². The molecule has 0 radical (unpaired) electrons. The third kappa shape index (κ3) is 2.45. The Kier molecular flexibility index (Phi) is 3.10. The molecule has 2 aromatic carbocycles. The first-order valence-corrected chi connectivity index (χ1v) is 6.65. The molecule has 0 unspecified atom stereocenters. The third-order valence-electron chi connectivity index (χ3n) is 3.40. The quantitative estimate of drug-likeness (QED) is 0.551. The summed E-state index contributed by atoms with van der Waals surface area (Å²) in [5.74, 6) is 0.409. The van der Waals surface area contributed by atoms with Gasteiger partial charge in [-0.05, 0) is 49.2 Å². The Balaban J connectivity index is 2.13. The molecule has 3 aromatic rings. The Hall–Kier alpha value is -2.82. The maximum Gasteiger partial charge on any atom is 0.318 e. The lowest BCUT2D eigenvalue weighted by Gasteiger charge is -2.04. The lowest BCUT2D eigenvalue weighted by Crippen LogP contribution is -1.95. The number of hydrogen-bond acceptors (Lipinski definition) is 3. The van der Waals surface area contributed by atoms with E-state index in [-0.39, 0.29) is 10.6 Å². The largest absolute Gasteiger partial charge is 0.336 e. The number of fused-ring (bicyclic) bond motifs is 1. The summed E-state index contributed by atoms with van der Waals surface area (Å²) < 4.78 is 0. The fourth-order valence-electron chi connectivity index (χ4n) is 2.44. The highest BCUT2D eigenvalue weighted by Gasteiger charge is 2.22. The molecule has 21 heavy (non-hydrogen) atoms. The van der Waals surface area contributed by atoms with E-state index in [1.807, 2.05) is 50.2 Å². The van der Waals surface area contributed by atoms with Crippen LogP contribution in [0.1, 0.15) is 11.1 Å². The Morgan fingerprint density at radius 1 is 1.10 bits per heavy atom. The summed E-state index contributed by atoms with van der Waals surface area (Å²) in [6.45, 7) is 3.94. The van der Waals surface area contributed by atoms with E-state index >= 15 is 0 Å². The van der Waals surface area contributed by atoms with Crippen LogP contribution in [0.2, 0.25) is 0 Å². The number of rotatable bonds is 3. The van der Waals surface area contributed by atoms with Gasteiger partial charge in [-0.25, -0.2) is 0 Å². The summed E-state index contributed by atoms with van der Waals surface area (Å²) in [5.41, 5.74) is 3.81. The first-order valence-electron chi connectivity index (χ1n) is 6.65. The molecule has 5 nitrogen and oxygen atoms in total. The Morgan fingerprint density at radius 3 is 2.57 bits per heavy atom. The van der Waals surface area contributed by atoms with Gasteiger partial charge in [0.15, 0.2) is 5.82 Å². The molecule has 0 saturated heterocycles. The highest BCUT2D eigenvalue weighted by atomic mass is 16.6. The molecule has 1 aromatic heterocycles. The minimum Gasteiger partial charge on any atom is -0.336 e. The van der Waals surface area contributed by atoms with E-state index in [0.717, 1.165) is 22.3 Å². The summed E-state index contributed by atoms with van der Waals surface area (Å²) in [6, 6.07) is 13.3. The molecular formula is C16H15N3O2. The van der Waals surface area contributed by atoms with Gasteiger partial charge < -0.3 is 10.3 Å². The van der Waals surface area contributed by atoms with Crippen LogP contribution < -0.4 is 5.32 Å². The summed E-state index contributed by atoms with van der Waals surface area (Å²) in [6.07, 6.45) is 0. The molecule has 0 aliphatic heterocycles. The molecule has 5 heteroatoms. The lowest BCUT2D eigenvalue weighted by molar-refractivity contribution is -0.382. The molecule has 0 saturated carbocycles. The lowest BCUT2D eigenvalue weighted by atomic mass is 10.2. The Labute approximate surface area is 121 Å². The molecule has 0 aliphatic rings. The summed E-state index contributed by atoms with van der Waals surface area (Å²) in [4.78, 5) is 14.1. The molecule has 0 bridgehead atoms. The molecule has 0 amide bonds. The van der Waals surface area contributed by atoms with E-state index in [0.29, 0.717) is 11.2 Å². The van der Waals surface area contributed by atoms with Crippen LogP contribution >= 0.6 is 0 Å². The van der Waals surface area contributed by atoms with Gasteiger partial charge in [0, 0.05) is 5.69 Å². The fourth-order valence-corrected chi connectivity index (χ4v) is 2.44. The van der Waals surface area contributed by atoms with Gasteiger partial charge in [0.2, 0.25) is 0 Å². The van der Waals surface area contributed by atoms with Crippen molar-refractivity contribution in [2.45, 2.75) is 13.8 Å². The van der Waals surface area contributed by atoms with Crippen molar-refractivity contribution in [3.05, 3.63) is 63.7 Å². The second-order valence-corrected chi connectivity index (χ2v) is 5.15. The van der Waals surface area contributed by atoms with Crippen LogP contribution in [0.3, 0.4) is 0 Å². The van der Waals surface area contributed by atoms with E-state index in [1.165, 1.54) is 0 Å². The molecule has 0 atom stereocenters. The second kappa shape index (κ2) is 4.94. The highest BCUT2D eigenvalue weighted by molar-refractivity contribution is 5.97. The van der Waals surface area contributed by atoms with Crippen LogP contribution in [0.25, 0.3) is 10.9 Å². The van der Waals surface area contributed by atoms with Crippen molar-refractivity contribution in [2.75, 3.05) is 5.32 Å². The van der Waals surface area contributed by atoms with Gasteiger partial charge in [-0.3, -0.25) is 10.1 Å².